The van der Waals surface area contributed by atoms with Crippen molar-refractivity contribution >= 4 is 21.6 Å². The monoisotopic (exact) mass is 376 g/mol. The van der Waals surface area contributed by atoms with Crippen LogP contribution in [0, 0.1) is 6.92 Å². The van der Waals surface area contributed by atoms with Gasteiger partial charge in [0.2, 0.25) is 15.9 Å². The maximum atomic E-state index is 12.6. The Hall–Kier alpha value is -2.19. The molecule has 2 aromatic rings. The molecule has 0 saturated heterocycles. The van der Waals surface area contributed by atoms with Crippen LogP contribution in [0.3, 0.4) is 0 Å². The largest absolute Gasteiger partial charge is 0.333 e. The topological polar surface area (TPSA) is 93.1 Å². The summed E-state index contributed by atoms with van der Waals surface area (Å²) >= 11 is 0. The Balaban J connectivity index is 1.64. The molecule has 0 atom stereocenters. The van der Waals surface area contributed by atoms with E-state index in [1.54, 1.807) is 32.2 Å². The number of imidazole rings is 1. The second kappa shape index (κ2) is 7.59. The zero-order valence-corrected chi connectivity index (χ0v) is 15.8. The maximum Gasteiger partial charge on any atom is 0.240 e. The summed E-state index contributed by atoms with van der Waals surface area (Å²) in [5.74, 6) is 1.45. The van der Waals surface area contributed by atoms with Gasteiger partial charge in [-0.25, -0.2) is 18.1 Å². The Bertz CT molecular complexity index is 901. The number of carbonyl (C=O) groups excluding carboxylic acids is 1. The van der Waals surface area contributed by atoms with E-state index in [4.69, 9.17) is 0 Å². The summed E-state index contributed by atoms with van der Waals surface area (Å²) in [6.07, 6.45) is 6.33. The van der Waals surface area contributed by atoms with Crippen molar-refractivity contribution in [3.05, 3.63) is 42.0 Å². The lowest BCUT2D eigenvalue weighted by Crippen LogP contribution is -2.28. The van der Waals surface area contributed by atoms with E-state index >= 15 is 0 Å². The third-order valence-corrected chi connectivity index (χ3v) is 6.03. The maximum absolute atomic E-state index is 12.6. The fourth-order valence-corrected chi connectivity index (χ4v) is 4.11. The van der Waals surface area contributed by atoms with Crippen molar-refractivity contribution in [1.29, 1.82) is 0 Å². The molecule has 1 saturated carbocycles. The van der Waals surface area contributed by atoms with Gasteiger partial charge in [-0.3, -0.25) is 4.79 Å². The number of rotatable bonds is 8. The van der Waals surface area contributed by atoms with E-state index in [9.17, 15) is 13.2 Å². The number of benzene rings is 1. The number of amides is 1. The van der Waals surface area contributed by atoms with Crippen LogP contribution in [0.5, 0.6) is 0 Å². The molecule has 1 aliphatic rings. The number of carbonyl (C=O) groups is 1. The number of aryl methyl sites for hydroxylation is 1. The average molecular weight is 376 g/mol. The highest BCUT2D eigenvalue weighted by atomic mass is 32.2. The van der Waals surface area contributed by atoms with Gasteiger partial charge in [-0.05, 0) is 43.5 Å². The van der Waals surface area contributed by atoms with Crippen LogP contribution in [0.25, 0.3) is 0 Å². The molecule has 0 bridgehead atoms. The first-order valence-electron chi connectivity index (χ1n) is 8.82. The predicted octanol–water partition coefficient (Wildman–Crippen LogP) is 2.40. The summed E-state index contributed by atoms with van der Waals surface area (Å²) in [6.45, 7) is 4.33. The highest BCUT2D eigenvalue weighted by Crippen LogP contribution is 2.38. The summed E-state index contributed by atoms with van der Waals surface area (Å²) in [4.78, 5) is 16.0. The third-order valence-electron chi connectivity index (χ3n) is 4.40. The summed E-state index contributed by atoms with van der Waals surface area (Å²) in [5, 5.41) is 2.73. The van der Waals surface area contributed by atoms with Gasteiger partial charge in [0.1, 0.15) is 5.82 Å². The van der Waals surface area contributed by atoms with Crippen LogP contribution < -0.4 is 10.0 Å². The van der Waals surface area contributed by atoms with Crippen LogP contribution in [0.4, 0.5) is 5.69 Å². The van der Waals surface area contributed by atoms with Crippen molar-refractivity contribution in [2.24, 2.45) is 0 Å². The number of aromatic nitrogens is 2. The molecule has 0 radical (unpaired) electrons. The van der Waals surface area contributed by atoms with E-state index in [0.29, 0.717) is 36.7 Å². The molecule has 0 aliphatic heterocycles. The lowest BCUT2D eigenvalue weighted by Gasteiger charge is -2.12. The predicted molar refractivity (Wildman–Crippen MR) is 99.5 cm³/mol. The Morgan fingerprint density at radius 3 is 2.77 bits per heavy atom. The van der Waals surface area contributed by atoms with E-state index < -0.39 is 10.0 Å². The van der Waals surface area contributed by atoms with Crippen molar-refractivity contribution in [3.8, 4) is 0 Å². The molecule has 0 unspecified atom stereocenters. The molecule has 1 aliphatic carbocycles. The number of nitrogens with zero attached hydrogens (tertiary/aromatic N) is 2. The molecule has 1 fully saturated rings. The van der Waals surface area contributed by atoms with Crippen molar-refractivity contribution in [2.45, 2.75) is 50.5 Å². The smallest absolute Gasteiger partial charge is 0.240 e. The van der Waals surface area contributed by atoms with Gasteiger partial charge in [0.25, 0.3) is 0 Å². The lowest BCUT2D eigenvalue weighted by atomic mass is 10.2. The van der Waals surface area contributed by atoms with Crippen LogP contribution in [0.1, 0.15) is 43.5 Å². The number of hydrogen-bond acceptors (Lipinski definition) is 4. The molecule has 1 amide bonds. The van der Waals surface area contributed by atoms with Gasteiger partial charge in [-0.15, -0.1) is 0 Å². The van der Waals surface area contributed by atoms with Crippen molar-refractivity contribution in [3.63, 3.8) is 0 Å². The normalized spacial score (nSPS) is 14.4. The number of sulfonamides is 1. The molecule has 26 heavy (non-hydrogen) atoms. The molecular formula is C18H24N4O3S. The Labute approximate surface area is 153 Å². The SMILES string of the molecule is CCC(=O)Nc1ccc(S(=O)(=O)NCCn2ccnc2C2CC2)c(C)c1. The second-order valence-corrected chi connectivity index (χ2v) is 8.27. The minimum atomic E-state index is -3.61. The van der Waals surface area contributed by atoms with Crippen molar-refractivity contribution in [2.75, 3.05) is 11.9 Å². The quantitative estimate of drug-likeness (QED) is 0.740. The average Bonchev–Trinajstić information content (AvgIpc) is 3.33. The summed E-state index contributed by atoms with van der Waals surface area (Å²) in [6, 6.07) is 4.80. The number of hydrogen-bond donors (Lipinski definition) is 2. The zero-order chi connectivity index (χ0) is 18.7. The minimum absolute atomic E-state index is 0.107. The molecule has 1 heterocycles. The molecule has 7 nitrogen and oxygen atoms in total. The van der Waals surface area contributed by atoms with E-state index in [1.807, 2.05) is 10.8 Å². The summed E-state index contributed by atoms with van der Waals surface area (Å²) < 4.78 is 29.8. The molecule has 140 valence electrons. The molecular weight excluding hydrogens is 352 g/mol. The fraction of sp³-hybridized carbons (Fsp3) is 0.444. The molecule has 1 aromatic heterocycles. The van der Waals surface area contributed by atoms with Crippen LogP contribution in [-0.4, -0.2) is 30.4 Å². The van der Waals surface area contributed by atoms with Gasteiger partial charge in [0, 0.05) is 43.5 Å². The van der Waals surface area contributed by atoms with Crippen LogP contribution in [0.2, 0.25) is 0 Å². The molecule has 0 spiro atoms. The van der Waals surface area contributed by atoms with E-state index in [1.165, 1.54) is 6.07 Å². The van der Waals surface area contributed by atoms with Crippen molar-refractivity contribution in [1.82, 2.24) is 14.3 Å². The van der Waals surface area contributed by atoms with Crippen LogP contribution in [-0.2, 0) is 21.4 Å². The van der Waals surface area contributed by atoms with E-state index in [-0.39, 0.29) is 10.8 Å². The molecule has 2 N–H and O–H groups in total. The molecule has 3 rings (SSSR count). The highest BCUT2D eigenvalue weighted by Gasteiger charge is 2.27. The van der Waals surface area contributed by atoms with Gasteiger partial charge in [0.05, 0.1) is 4.90 Å². The first-order valence-corrected chi connectivity index (χ1v) is 10.3. The second-order valence-electron chi connectivity index (χ2n) is 6.53. The van der Waals surface area contributed by atoms with E-state index in [2.05, 4.69) is 15.0 Å². The van der Waals surface area contributed by atoms with Gasteiger partial charge in [-0.2, -0.15) is 0 Å². The highest BCUT2D eigenvalue weighted by molar-refractivity contribution is 7.89. The summed E-state index contributed by atoms with van der Waals surface area (Å²) in [5.41, 5.74) is 1.19. The Morgan fingerprint density at radius 2 is 2.12 bits per heavy atom. The van der Waals surface area contributed by atoms with Crippen molar-refractivity contribution < 1.29 is 13.2 Å². The summed E-state index contributed by atoms with van der Waals surface area (Å²) in [7, 11) is -3.61. The lowest BCUT2D eigenvalue weighted by molar-refractivity contribution is -0.115. The molecule has 1 aromatic carbocycles. The standard InChI is InChI=1S/C18H24N4O3S/c1-3-17(23)21-15-6-7-16(13(2)12-15)26(24,25)20-9-11-22-10-8-19-18(22)14-4-5-14/h6-8,10,12,14,20H,3-5,9,11H2,1-2H3,(H,21,23). The first kappa shape index (κ1) is 18.6. The fourth-order valence-electron chi connectivity index (χ4n) is 2.87. The Morgan fingerprint density at radius 1 is 1.35 bits per heavy atom. The zero-order valence-electron chi connectivity index (χ0n) is 15.0. The van der Waals surface area contributed by atoms with Crippen LogP contribution in [0.15, 0.2) is 35.5 Å². The molecule has 8 heteroatoms. The first-order chi connectivity index (χ1) is 12.4. The van der Waals surface area contributed by atoms with E-state index in [0.717, 1.165) is 18.7 Å². The van der Waals surface area contributed by atoms with Gasteiger partial charge in [0.15, 0.2) is 0 Å². The number of anilines is 1. The van der Waals surface area contributed by atoms with Gasteiger partial charge >= 0.3 is 0 Å². The van der Waals surface area contributed by atoms with Crippen LogP contribution >= 0.6 is 0 Å². The Kier molecular flexibility index (Phi) is 5.43. The number of nitrogens with one attached hydrogen (secondary N) is 2. The van der Waals surface area contributed by atoms with Gasteiger partial charge < -0.3 is 9.88 Å². The third kappa shape index (κ3) is 4.31. The minimum Gasteiger partial charge on any atom is -0.333 e. The van der Waals surface area contributed by atoms with Gasteiger partial charge in [-0.1, -0.05) is 6.92 Å².